The van der Waals surface area contributed by atoms with Gasteiger partial charge >= 0.3 is 0 Å². The lowest BCUT2D eigenvalue weighted by Crippen LogP contribution is -2.30. The summed E-state index contributed by atoms with van der Waals surface area (Å²) < 4.78 is 1.83. The lowest BCUT2D eigenvalue weighted by Gasteiger charge is -2.08. The summed E-state index contributed by atoms with van der Waals surface area (Å²) in [5.74, 6) is 0.181. The fourth-order valence-electron chi connectivity index (χ4n) is 2.38. The van der Waals surface area contributed by atoms with Crippen molar-refractivity contribution in [3.05, 3.63) is 45.9 Å². The summed E-state index contributed by atoms with van der Waals surface area (Å²) in [5.41, 5.74) is 7.35. The molecular weight excluding hydrogens is 344 g/mol. The van der Waals surface area contributed by atoms with Gasteiger partial charge in [0.05, 0.1) is 16.3 Å². The van der Waals surface area contributed by atoms with Gasteiger partial charge in [0.15, 0.2) is 0 Å². The molecule has 0 aliphatic rings. The second-order valence-electron chi connectivity index (χ2n) is 5.86. The average Bonchev–Trinajstić information content (AvgIpc) is 3.13. The maximum absolute atomic E-state index is 12.4. The molecule has 5 nitrogen and oxygen atoms in total. The summed E-state index contributed by atoms with van der Waals surface area (Å²) in [6.45, 7) is 5.07. The minimum atomic E-state index is -0.0754. The first-order chi connectivity index (χ1) is 11.5. The highest BCUT2D eigenvalue weighted by Crippen LogP contribution is 2.30. The summed E-state index contributed by atoms with van der Waals surface area (Å²) in [5, 5.41) is 9.13. The van der Waals surface area contributed by atoms with Crippen LogP contribution in [-0.2, 0) is 0 Å². The van der Waals surface area contributed by atoms with Crippen molar-refractivity contribution >= 4 is 39.1 Å². The van der Waals surface area contributed by atoms with Crippen LogP contribution in [0.2, 0.25) is 5.02 Å². The van der Waals surface area contributed by atoms with Crippen molar-refractivity contribution in [2.75, 3.05) is 13.1 Å². The Balaban J connectivity index is 1.94. The number of hydrogen-bond acceptors (Lipinski definition) is 4. The Bertz CT molecular complexity index is 886. The summed E-state index contributed by atoms with van der Waals surface area (Å²) >= 11 is 7.51. The molecule has 7 heteroatoms. The Kier molecular flexibility index (Phi) is 4.89. The maximum atomic E-state index is 12.4. The Morgan fingerprint density at radius 1 is 1.46 bits per heavy atom. The molecule has 1 amide bonds. The van der Waals surface area contributed by atoms with Gasteiger partial charge in [0.25, 0.3) is 5.91 Å². The van der Waals surface area contributed by atoms with Crippen LogP contribution >= 0.6 is 22.9 Å². The smallest absolute Gasteiger partial charge is 0.261 e. The van der Waals surface area contributed by atoms with Crippen LogP contribution in [0.15, 0.2) is 30.3 Å². The molecule has 0 aliphatic carbocycles. The molecule has 0 spiro atoms. The van der Waals surface area contributed by atoms with E-state index in [0.717, 1.165) is 21.6 Å². The number of thiophene rings is 1. The quantitative estimate of drug-likeness (QED) is 0.730. The summed E-state index contributed by atoms with van der Waals surface area (Å²) in [6, 6.07) is 9.41. The summed E-state index contributed by atoms with van der Waals surface area (Å²) in [7, 11) is 0. The standard InChI is InChI=1S/C17H19ClN4OS/c1-10(8-19)9-20-16(23)15-7-14-11(2)21-22(17(14)24-15)13-5-3-4-12(18)6-13/h3-7,10H,8-9,19H2,1-2H3,(H,20,23). The van der Waals surface area contributed by atoms with E-state index in [2.05, 4.69) is 10.4 Å². The Morgan fingerprint density at radius 2 is 2.25 bits per heavy atom. The van der Waals surface area contributed by atoms with Gasteiger partial charge in [-0.15, -0.1) is 11.3 Å². The van der Waals surface area contributed by atoms with Crippen LogP contribution in [-0.4, -0.2) is 28.8 Å². The highest BCUT2D eigenvalue weighted by atomic mass is 35.5. The number of rotatable bonds is 5. The number of aryl methyl sites for hydroxylation is 1. The molecule has 0 saturated heterocycles. The lowest BCUT2D eigenvalue weighted by atomic mass is 10.2. The number of nitrogens with zero attached hydrogens (tertiary/aromatic N) is 2. The molecule has 3 N–H and O–H groups in total. The van der Waals surface area contributed by atoms with Gasteiger partial charge in [-0.3, -0.25) is 4.79 Å². The molecule has 2 aromatic heterocycles. The highest BCUT2D eigenvalue weighted by Gasteiger charge is 2.17. The van der Waals surface area contributed by atoms with Gasteiger partial charge in [0.2, 0.25) is 0 Å². The van der Waals surface area contributed by atoms with Crippen molar-refractivity contribution in [1.29, 1.82) is 0 Å². The number of benzene rings is 1. The summed E-state index contributed by atoms with van der Waals surface area (Å²) in [6.07, 6.45) is 0. The third kappa shape index (κ3) is 3.31. The van der Waals surface area contributed by atoms with Crippen molar-refractivity contribution in [3.63, 3.8) is 0 Å². The van der Waals surface area contributed by atoms with E-state index in [4.69, 9.17) is 17.3 Å². The van der Waals surface area contributed by atoms with Crippen LogP contribution in [0.1, 0.15) is 22.3 Å². The third-order valence-electron chi connectivity index (χ3n) is 3.83. The zero-order valence-electron chi connectivity index (χ0n) is 13.5. The molecule has 0 saturated carbocycles. The molecule has 3 aromatic rings. The number of halogens is 1. The van der Waals surface area contributed by atoms with Crippen LogP contribution in [0.5, 0.6) is 0 Å². The van der Waals surface area contributed by atoms with Crippen LogP contribution < -0.4 is 11.1 Å². The van der Waals surface area contributed by atoms with Gasteiger partial charge in [-0.25, -0.2) is 4.68 Å². The minimum absolute atomic E-state index is 0.0754. The van der Waals surface area contributed by atoms with E-state index in [1.165, 1.54) is 11.3 Å². The fourth-order valence-corrected chi connectivity index (χ4v) is 3.66. The molecule has 1 aromatic carbocycles. The van der Waals surface area contributed by atoms with E-state index in [0.29, 0.717) is 23.0 Å². The number of fused-ring (bicyclic) bond motifs is 1. The van der Waals surface area contributed by atoms with Crippen molar-refractivity contribution in [1.82, 2.24) is 15.1 Å². The van der Waals surface area contributed by atoms with Gasteiger partial charge in [-0.05, 0) is 43.7 Å². The molecule has 2 heterocycles. The monoisotopic (exact) mass is 362 g/mol. The van der Waals surface area contributed by atoms with Crippen LogP contribution in [0.4, 0.5) is 0 Å². The zero-order chi connectivity index (χ0) is 17.3. The molecular formula is C17H19ClN4OS. The number of nitrogens with one attached hydrogen (secondary N) is 1. The van der Waals surface area contributed by atoms with Crippen molar-refractivity contribution in [2.24, 2.45) is 11.7 Å². The Hall–Kier alpha value is -1.89. The number of carbonyl (C=O) groups is 1. The van der Waals surface area contributed by atoms with Crippen molar-refractivity contribution in [2.45, 2.75) is 13.8 Å². The van der Waals surface area contributed by atoms with Gasteiger partial charge < -0.3 is 11.1 Å². The number of nitrogens with two attached hydrogens (primary N) is 1. The van der Waals surface area contributed by atoms with E-state index < -0.39 is 0 Å². The Morgan fingerprint density at radius 3 is 2.96 bits per heavy atom. The van der Waals surface area contributed by atoms with Gasteiger partial charge in [-0.1, -0.05) is 24.6 Å². The molecule has 0 bridgehead atoms. The number of hydrogen-bond donors (Lipinski definition) is 2. The van der Waals surface area contributed by atoms with Crippen LogP contribution in [0.25, 0.3) is 15.9 Å². The number of carbonyl (C=O) groups excluding carboxylic acids is 1. The molecule has 3 rings (SSSR count). The SMILES string of the molecule is Cc1nn(-c2cccc(Cl)c2)c2sc(C(=O)NCC(C)CN)cc12. The lowest BCUT2D eigenvalue weighted by molar-refractivity contribution is 0.0952. The molecule has 1 unspecified atom stereocenters. The van der Waals surface area contributed by atoms with Crippen molar-refractivity contribution in [3.8, 4) is 5.69 Å². The normalized spacial score (nSPS) is 12.5. The van der Waals surface area contributed by atoms with Crippen LogP contribution in [0.3, 0.4) is 0 Å². The Labute approximate surface area is 149 Å². The van der Waals surface area contributed by atoms with E-state index in [-0.39, 0.29) is 11.8 Å². The largest absolute Gasteiger partial charge is 0.351 e. The van der Waals surface area contributed by atoms with Crippen LogP contribution in [0, 0.1) is 12.8 Å². The van der Waals surface area contributed by atoms with Gasteiger partial charge in [0, 0.05) is 17.0 Å². The highest BCUT2D eigenvalue weighted by molar-refractivity contribution is 7.20. The number of aromatic nitrogens is 2. The topological polar surface area (TPSA) is 72.9 Å². The van der Waals surface area contributed by atoms with Gasteiger partial charge in [0.1, 0.15) is 4.83 Å². The van der Waals surface area contributed by atoms with E-state index in [9.17, 15) is 4.79 Å². The predicted octanol–water partition coefficient (Wildman–Crippen LogP) is 3.37. The van der Waals surface area contributed by atoms with E-state index in [1.54, 1.807) is 0 Å². The fraction of sp³-hybridized carbons (Fsp3) is 0.294. The first-order valence-electron chi connectivity index (χ1n) is 7.73. The predicted molar refractivity (Wildman–Crippen MR) is 99.2 cm³/mol. The first-order valence-corrected chi connectivity index (χ1v) is 8.92. The second-order valence-corrected chi connectivity index (χ2v) is 7.32. The van der Waals surface area contributed by atoms with Crippen molar-refractivity contribution < 1.29 is 4.79 Å². The summed E-state index contributed by atoms with van der Waals surface area (Å²) in [4.78, 5) is 14.0. The van der Waals surface area contributed by atoms with E-state index in [1.807, 2.05) is 48.9 Å². The minimum Gasteiger partial charge on any atom is -0.351 e. The number of amides is 1. The molecule has 126 valence electrons. The molecule has 24 heavy (non-hydrogen) atoms. The molecule has 1 atom stereocenters. The average molecular weight is 363 g/mol. The van der Waals surface area contributed by atoms with E-state index >= 15 is 0 Å². The maximum Gasteiger partial charge on any atom is 0.261 e. The third-order valence-corrected chi connectivity index (χ3v) is 5.18. The second kappa shape index (κ2) is 6.93. The molecule has 0 fully saturated rings. The van der Waals surface area contributed by atoms with Gasteiger partial charge in [-0.2, -0.15) is 5.10 Å². The molecule has 0 radical (unpaired) electrons. The first kappa shape index (κ1) is 17.0. The molecule has 0 aliphatic heterocycles. The zero-order valence-corrected chi connectivity index (χ0v) is 15.1.